The Morgan fingerprint density at radius 2 is 1.74 bits per heavy atom. The van der Waals surface area contributed by atoms with Gasteiger partial charge >= 0.3 is 6.36 Å². The highest BCUT2D eigenvalue weighted by molar-refractivity contribution is 9.10. The first-order chi connectivity index (χ1) is 10.7. The third-order valence-corrected chi connectivity index (χ3v) is 4.67. The maximum absolute atomic E-state index is 12.2. The van der Waals surface area contributed by atoms with Gasteiger partial charge in [0.25, 0.3) is 0 Å². The van der Waals surface area contributed by atoms with E-state index in [0.717, 1.165) is 16.6 Å². The van der Waals surface area contributed by atoms with Crippen LogP contribution in [0.15, 0.2) is 57.9 Å². The van der Waals surface area contributed by atoms with Crippen molar-refractivity contribution in [3.8, 4) is 5.75 Å². The summed E-state index contributed by atoms with van der Waals surface area (Å²) in [6.07, 6.45) is -4.80. The van der Waals surface area contributed by atoms with Crippen LogP contribution in [0.1, 0.15) is 5.56 Å². The van der Waals surface area contributed by atoms with Crippen LogP contribution in [0.5, 0.6) is 5.75 Å². The van der Waals surface area contributed by atoms with Gasteiger partial charge in [-0.1, -0.05) is 28.1 Å². The second-order valence-electron chi connectivity index (χ2n) is 4.47. The first-order valence-corrected chi connectivity index (χ1v) is 8.53. The molecule has 9 heteroatoms. The number of halogens is 4. The lowest BCUT2D eigenvalue weighted by atomic mass is 10.2. The van der Waals surface area contributed by atoms with E-state index in [1.54, 1.807) is 12.1 Å². The molecule has 2 aromatic carbocycles. The lowest BCUT2D eigenvalue weighted by Crippen LogP contribution is -2.23. The second-order valence-corrected chi connectivity index (χ2v) is 7.16. The molecule has 0 saturated heterocycles. The van der Waals surface area contributed by atoms with Crippen LogP contribution in [0.3, 0.4) is 0 Å². The van der Waals surface area contributed by atoms with Gasteiger partial charge in [-0.15, -0.1) is 13.2 Å². The van der Waals surface area contributed by atoms with Crippen LogP contribution < -0.4 is 9.46 Å². The summed E-state index contributed by atoms with van der Waals surface area (Å²) in [5.74, 6) is -0.405. The Kier molecular flexibility index (Phi) is 5.33. The van der Waals surface area contributed by atoms with Gasteiger partial charge in [-0.25, -0.2) is 13.1 Å². The zero-order valence-corrected chi connectivity index (χ0v) is 13.9. The molecule has 1 N–H and O–H groups in total. The molecular weight excluding hydrogens is 399 g/mol. The van der Waals surface area contributed by atoms with Crippen LogP contribution in [-0.4, -0.2) is 14.8 Å². The molecule has 0 bridgehead atoms. The topological polar surface area (TPSA) is 55.4 Å². The molecule has 0 atom stereocenters. The Morgan fingerprint density at radius 3 is 2.35 bits per heavy atom. The monoisotopic (exact) mass is 409 g/mol. The maximum Gasteiger partial charge on any atom is 0.573 e. The number of nitrogens with one attached hydrogen (secondary N) is 1. The molecule has 0 heterocycles. The van der Waals surface area contributed by atoms with Crippen molar-refractivity contribution < 1.29 is 26.3 Å². The molecule has 0 radical (unpaired) electrons. The largest absolute Gasteiger partial charge is 0.573 e. The summed E-state index contributed by atoms with van der Waals surface area (Å²) in [5.41, 5.74) is 0.340. The Labute approximate surface area is 139 Å². The first-order valence-electron chi connectivity index (χ1n) is 6.26. The number of benzene rings is 2. The Bertz CT molecular complexity index is 777. The molecule has 23 heavy (non-hydrogen) atoms. The van der Waals surface area contributed by atoms with Crippen molar-refractivity contribution in [3.63, 3.8) is 0 Å². The molecule has 0 aromatic heterocycles. The SMILES string of the molecule is O=S(=O)(NCc1cccc(OC(F)(F)F)c1)c1ccc(Br)cc1. The van der Waals surface area contributed by atoms with E-state index < -0.39 is 22.1 Å². The zero-order chi connectivity index (χ0) is 17.1. The van der Waals surface area contributed by atoms with E-state index in [9.17, 15) is 21.6 Å². The van der Waals surface area contributed by atoms with Crippen molar-refractivity contribution in [2.24, 2.45) is 0 Å². The predicted octanol–water partition coefficient (Wildman–Crippen LogP) is 3.83. The summed E-state index contributed by atoms with van der Waals surface area (Å²) in [5, 5.41) is 0. The molecule has 124 valence electrons. The van der Waals surface area contributed by atoms with E-state index in [2.05, 4.69) is 25.4 Å². The average Bonchev–Trinajstić information content (AvgIpc) is 2.44. The van der Waals surface area contributed by atoms with Crippen LogP contribution >= 0.6 is 15.9 Å². The molecule has 2 rings (SSSR count). The number of sulfonamides is 1. The minimum Gasteiger partial charge on any atom is -0.406 e. The van der Waals surface area contributed by atoms with Crippen molar-refractivity contribution in [2.75, 3.05) is 0 Å². The summed E-state index contributed by atoms with van der Waals surface area (Å²) in [7, 11) is -3.76. The predicted molar refractivity (Wildman–Crippen MR) is 81.3 cm³/mol. The standard InChI is InChI=1S/C14H11BrF3NO3S/c15-11-4-6-13(7-5-11)23(20,21)19-9-10-2-1-3-12(8-10)22-14(16,17)18/h1-8,19H,9H2. The fourth-order valence-corrected chi connectivity index (χ4v) is 3.01. The van der Waals surface area contributed by atoms with Crippen molar-refractivity contribution in [3.05, 3.63) is 58.6 Å². The molecule has 0 aliphatic rings. The highest BCUT2D eigenvalue weighted by atomic mass is 79.9. The van der Waals surface area contributed by atoms with Crippen LogP contribution in [0.2, 0.25) is 0 Å². The molecule has 0 aliphatic heterocycles. The fourth-order valence-electron chi connectivity index (χ4n) is 1.73. The van der Waals surface area contributed by atoms with Crippen molar-refractivity contribution in [2.45, 2.75) is 17.8 Å². The third kappa shape index (κ3) is 5.52. The van der Waals surface area contributed by atoms with E-state index in [-0.39, 0.29) is 11.4 Å². The minimum atomic E-state index is -4.80. The summed E-state index contributed by atoms with van der Waals surface area (Å²) in [6.45, 7) is -0.159. The molecule has 0 aliphatic carbocycles. The Hall–Kier alpha value is -1.58. The summed E-state index contributed by atoms with van der Waals surface area (Å²) in [4.78, 5) is 0.0587. The van der Waals surface area contributed by atoms with E-state index in [1.807, 2.05) is 0 Å². The van der Waals surface area contributed by atoms with E-state index >= 15 is 0 Å². The van der Waals surface area contributed by atoms with E-state index in [0.29, 0.717) is 5.56 Å². The number of rotatable bonds is 5. The molecular formula is C14H11BrF3NO3S. The Morgan fingerprint density at radius 1 is 1.09 bits per heavy atom. The maximum atomic E-state index is 12.2. The van der Waals surface area contributed by atoms with Crippen LogP contribution in [0, 0.1) is 0 Å². The molecule has 0 unspecified atom stereocenters. The van der Waals surface area contributed by atoms with Gasteiger partial charge in [0.1, 0.15) is 5.75 Å². The molecule has 2 aromatic rings. The van der Waals surface area contributed by atoms with Crippen molar-refractivity contribution in [1.82, 2.24) is 4.72 Å². The number of hydrogen-bond acceptors (Lipinski definition) is 3. The van der Waals surface area contributed by atoms with Crippen LogP contribution in [0.4, 0.5) is 13.2 Å². The lowest BCUT2D eigenvalue weighted by Gasteiger charge is -2.11. The second kappa shape index (κ2) is 6.90. The Balaban J connectivity index is 2.08. The molecule has 0 amide bonds. The van der Waals surface area contributed by atoms with Gasteiger partial charge in [0.15, 0.2) is 0 Å². The average molecular weight is 410 g/mol. The van der Waals surface area contributed by atoms with Gasteiger partial charge in [-0.3, -0.25) is 0 Å². The van der Waals surface area contributed by atoms with Gasteiger partial charge in [0, 0.05) is 11.0 Å². The van der Waals surface area contributed by atoms with Crippen molar-refractivity contribution in [1.29, 1.82) is 0 Å². The smallest absolute Gasteiger partial charge is 0.406 e. The normalized spacial score (nSPS) is 12.2. The zero-order valence-electron chi connectivity index (χ0n) is 11.5. The quantitative estimate of drug-likeness (QED) is 0.816. The van der Waals surface area contributed by atoms with Crippen LogP contribution in [0.25, 0.3) is 0 Å². The van der Waals surface area contributed by atoms with E-state index in [1.165, 1.54) is 24.3 Å². The highest BCUT2D eigenvalue weighted by Gasteiger charge is 2.31. The first kappa shape index (κ1) is 17.8. The summed E-state index contributed by atoms with van der Waals surface area (Å²) < 4.78 is 67.5. The van der Waals surface area contributed by atoms with Gasteiger partial charge in [0.05, 0.1) is 4.90 Å². The number of ether oxygens (including phenoxy) is 1. The lowest BCUT2D eigenvalue weighted by molar-refractivity contribution is -0.274. The van der Waals surface area contributed by atoms with Gasteiger partial charge < -0.3 is 4.74 Å². The number of hydrogen-bond donors (Lipinski definition) is 1. The van der Waals surface area contributed by atoms with E-state index in [4.69, 9.17) is 0 Å². The van der Waals surface area contributed by atoms with Crippen molar-refractivity contribution >= 4 is 26.0 Å². The minimum absolute atomic E-state index is 0.0587. The molecule has 0 spiro atoms. The third-order valence-electron chi connectivity index (χ3n) is 2.72. The number of alkyl halides is 3. The van der Waals surface area contributed by atoms with Crippen LogP contribution in [-0.2, 0) is 16.6 Å². The van der Waals surface area contributed by atoms with Gasteiger partial charge in [-0.05, 0) is 42.0 Å². The van der Waals surface area contributed by atoms with Gasteiger partial charge in [-0.2, -0.15) is 0 Å². The fraction of sp³-hybridized carbons (Fsp3) is 0.143. The van der Waals surface area contributed by atoms with Gasteiger partial charge in [0.2, 0.25) is 10.0 Å². The summed E-state index contributed by atoms with van der Waals surface area (Å²) in [6, 6.07) is 11.1. The molecule has 0 saturated carbocycles. The highest BCUT2D eigenvalue weighted by Crippen LogP contribution is 2.23. The molecule has 0 fully saturated rings. The summed E-state index contributed by atoms with van der Waals surface area (Å²) >= 11 is 3.20. The molecule has 4 nitrogen and oxygen atoms in total.